The van der Waals surface area contributed by atoms with Gasteiger partial charge in [-0.05, 0) is 37.6 Å². The molecule has 3 aromatic heterocycles. The van der Waals surface area contributed by atoms with E-state index in [1.165, 1.54) is 0 Å². The average Bonchev–Trinajstić information content (AvgIpc) is 2.87. The Morgan fingerprint density at radius 3 is 2.89 bits per heavy atom. The van der Waals surface area contributed by atoms with Crippen LogP contribution >= 0.6 is 36.4 Å². The van der Waals surface area contributed by atoms with E-state index in [0.717, 1.165) is 41.8 Å². The smallest absolute Gasteiger partial charge is 0.263 e. The summed E-state index contributed by atoms with van der Waals surface area (Å²) in [5, 5.41) is 17.5. The number of halogens is 3. The number of anilines is 1. The van der Waals surface area contributed by atoms with Gasteiger partial charge in [0.05, 0.1) is 35.0 Å². The second-order valence-corrected chi connectivity index (χ2v) is 9.09. The highest BCUT2D eigenvalue weighted by Gasteiger charge is 2.28. The molecule has 1 saturated heterocycles. The number of aliphatic hydroxyl groups is 1. The third-order valence-electron chi connectivity index (χ3n) is 6.37. The first-order chi connectivity index (χ1) is 17.0. The Kier molecular flexibility index (Phi) is 10.1. The molecule has 1 amide bonds. The number of fused-ring (bicyclic) bond motifs is 2. The summed E-state index contributed by atoms with van der Waals surface area (Å²) in [6.07, 6.45) is 2.62. The highest BCUT2D eigenvalue weighted by atomic mass is 35.5. The molecule has 0 aromatic carbocycles. The summed E-state index contributed by atoms with van der Waals surface area (Å²) in [6.45, 7) is 2.63. The Bertz CT molecular complexity index is 1250. The SMILES string of the molecule is COc1ccc2ncc(Cl)c(CCN3CC[C@@H](NCc4ccc5c(n4)NC(=O)CO5)[C@@H](O)C3)c2n1.Cl.Cl. The summed E-state index contributed by atoms with van der Waals surface area (Å²) >= 11 is 6.46. The Morgan fingerprint density at radius 1 is 1.27 bits per heavy atom. The fraction of sp³-hybridized carbons (Fsp3) is 0.417. The van der Waals surface area contributed by atoms with Crippen molar-refractivity contribution in [3.63, 3.8) is 0 Å². The molecule has 0 spiro atoms. The second-order valence-electron chi connectivity index (χ2n) is 8.69. The van der Waals surface area contributed by atoms with Crippen molar-refractivity contribution in [3.8, 4) is 11.6 Å². The number of β-amino-alcohol motifs (C(OH)–C–C–N with tert-alkyl or cyclic N) is 1. The van der Waals surface area contributed by atoms with Crippen LogP contribution in [-0.4, -0.2) is 76.4 Å². The molecule has 10 nitrogen and oxygen atoms in total. The Balaban J connectivity index is 0.00000190. The summed E-state index contributed by atoms with van der Waals surface area (Å²) in [4.78, 5) is 27.1. The summed E-state index contributed by atoms with van der Waals surface area (Å²) in [5.41, 5.74) is 3.22. The normalized spacial score (nSPS) is 19.2. The van der Waals surface area contributed by atoms with Crippen molar-refractivity contribution in [2.24, 2.45) is 0 Å². The molecule has 37 heavy (non-hydrogen) atoms. The van der Waals surface area contributed by atoms with E-state index in [-0.39, 0.29) is 43.4 Å². The van der Waals surface area contributed by atoms with Crippen molar-refractivity contribution in [1.82, 2.24) is 25.2 Å². The van der Waals surface area contributed by atoms with Gasteiger partial charge < -0.3 is 30.1 Å². The standard InChI is InChI=1S/C24H27ClN6O4.2ClH/c1-34-22-5-3-18-23(30-22)15(16(25)11-27-18)6-8-31-9-7-17(19(32)12-31)26-10-14-2-4-20-24(28-14)29-21(33)13-35-20;;/h2-5,11,17,19,26,32H,6-10,12-13H2,1H3,(H,28,29,33);2*1H/t17-,19+;;/m1../s1. The number of piperidine rings is 1. The fourth-order valence-corrected chi connectivity index (χ4v) is 4.71. The molecule has 200 valence electrons. The molecule has 1 fully saturated rings. The van der Waals surface area contributed by atoms with Crippen LogP contribution in [0.2, 0.25) is 5.02 Å². The number of nitrogens with zero attached hydrogens (tertiary/aromatic N) is 4. The zero-order chi connectivity index (χ0) is 24.4. The maximum absolute atomic E-state index is 11.5. The molecule has 3 aromatic rings. The van der Waals surface area contributed by atoms with Gasteiger partial charge in [0, 0.05) is 43.5 Å². The van der Waals surface area contributed by atoms with Crippen LogP contribution in [0.15, 0.2) is 30.5 Å². The molecule has 13 heteroatoms. The quantitative estimate of drug-likeness (QED) is 0.393. The lowest BCUT2D eigenvalue weighted by Crippen LogP contribution is -2.52. The predicted octanol–water partition coefficient (Wildman–Crippen LogP) is 2.63. The van der Waals surface area contributed by atoms with Gasteiger partial charge in [0.25, 0.3) is 5.91 Å². The van der Waals surface area contributed by atoms with Crippen LogP contribution in [0.5, 0.6) is 11.6 Å². The Hall–Kier alpha value is -2.47. The van der Waals surface area contributed by atoms with E-state index in [9.17, 15) is 9.90 Å². The van der Waals surface area contributed by atoms with Crippen LogP contribution in [0.4, 0.5) is 5.82 Å². The number of nitrogens with one attached hydrogen (secondary N) is 2. The minimum atomic E-state index is -0.521. The topological polar surface area (TPSA) is 122 Å². The van der Waals surface area contributed by atoms with Crippen LogP contribution < -0.4 is 20.1 Å². The van der Waals surface area contributed by atoms with Crippen molar-refractivity contribution in [1.29, 1.82) is 0 Å². The number of carbonyl (C=O) groups excluding carboxylic acids is 1. The van der Waals surface area contributed by atoms with Crippen LogP contribution in [0.1, 0.15) is 17.7 Å². The van der Waals surface area contributed by atoms with Gasteiger partial charge in [-0.2, -0.15) is 0 Å². The molecule has 0 unspecified atom stereocenters. The Labute approximate surface area is 231 Å². The lowest BCUT2D eigenvalue weighted by Gasteiger charge is -2.36. The molecule has 0 bridgehead atoms. The van der Waals surface area contributed by atoms with E-state index in [2.05, 4.69) is 30.5 Å². The molecule has 5 heterocycles. The molecule has 2 aliphatic heterocycles. The summed E-state index contributed by atoms with van der Waals surface area (Å²) in [6, 6.07) is 7.27. The summed E-state index contributed by atoms with van der Waals surface area (Å²) < 4.78 is 10.6. The molecular formula is C24H29Cl3N6O4. The largest absolute Gasteiger partial charge is 0.481 e. The van der Waals surface area contributed by atoms with Crippen molar-refractivity contribution in [2.75, 3.05) is 38.7 Å². The molecule has 0 aliphatic carbocycles. The monoisotopic (exact) mass is 570 g/mol. The minimum absolute atomic E-state index is 0. The number of aromatic nitrogens is 3. The molecule has 0 saturated carbocycles. The number of methoxy groups -OCH3 is 1. The van der Waals surface area contributed by atoms with Crippen LogP contribution in [-0.2, 0) is 17.8 Å². The van der Waals surface area contributed by atoms with Crippen LogP contribution in [0.25, 0.3) is 11.0 Å². The van der Waals surface area contributed by atoms with E-state index < -0.39 is 6.10 Å². The van der Waals surface area contributed by atoms with Gasteiger partial charge in [0.15, 0.2) is 18.2 Å². The van der Waals surface area contributed by atoms with Crippen molar-refractivity contribution >= 4 is 59.2 Å². The van der Waals surface area contributed by atoms with Gasteiger partial charge in [-0.15, -0.1) is 24.8 Å². The highest BCUT2D eigenvalue weighted by molar-refractivity contribution is 6.32. The number of aliphatic hydroxyl groups excluding tert-OH is 1. The second kappa shape index (κ2) is 12.9. The van der Waals surface area contributed by atoms with E-state index in [4.69, 9.17) is 21.1 Å². The van der Waals surface area contributed by atoms with E-state index >= 15 is 0 Å². The summed E-state index contributed by atoms with van der Waals surface area (Å²) in [5.74, 6) is 1.31. The van der Waals surface area contributed by atoms with Gasteiger partial charge in [-0.3, -0.25) is 9.78 Å². The maximum Gasteiger partial charge on any atom is 0.263 e. The molecule has 2 atom stereocenters. The molecular weight excluding hydrogens is 543 g/mol. The van der Waals surface area contributed by atoms with Gasteiger partial charge in [0.2, 0.25) is 5.88 Å². The van der Waals surface area contributed by atoms with Crippen LogP contribution in [0.3, 0.4) is 0 Å². The van der Waals surface area contributed by atoms with Crippen molar-refractivity contribution in [2.45, 2.75) is 31.5 Å². The average molecular weight is 572 g/mol. The number of hydrogen-bond donors (Lipinski definition) is 3. The van der Waals surface area contributed by atoms with E-state index in [0.29, 0.717) is 42.0 Å². The minimum Gasteiger partial charge on any atom is -0.481 e. The fourth-order valence-electron chi connectivity index (χ4n) is 4.48. The predicted molar refractivity (Wildman–Crippen MR) is 145 cm³/mol. The molecule has 2 aliphatic rings. The first kappa shape index (κ1) is 29.1. The highest BCUT2D eigenvalue weighted by Crippen LogP contribution is 2.27. The number of likely N-dealkylation sites (tertiary alicyclic amines) is 1. The number of ether oxygens (including phenoxy) is 2. The van der Waals surface area contributed by atoms with Crippen LogP contribution in [0, 0.1) is 0 Å². The number of rotatable bonds is 7. The third-order valence-corrected chi connectivity index (χ3v) is 6.70. The van der Waals surface area contributed by atoms with Gasteiger partial charge in [0.1, 0.15) is 0 Å². The molecule has 0 radical (unpaired) electrons. The third kappa shape index (κ3) is 6.70. The maximum atomic E-state index is 11.5. The van der Waals surface area contributed by atoms with Gasteiger partial charge in [-0.1, -0.05) is 11.6 Å². The number of pyridine rings is 3. The zero-order valence-corrected chi connectivity index (χ0v) is 22.5. The number of amides is 1. The van der Waals surface area contributed by atoms with Gasteiger partial charge >= 0.3 is 0 Å². The number of hydrogen-bond acceptors (Lipinski definition) is 9. The van der Waals surface area contributed by atoms with E-state index in [1.807, 2.05) is 12.1 Å². The lowest BCUT2D eigenvalue weighted by atomic mass is 10.0. The molecule has 5 rings (SSSR count). The first-order valence-corrected chi connectivity index (χ1v) is 11.9. The van der Waals surface area contributed by atoms with Crippen molar-refractivity contribution < 1.29 is 19.4 Å². The molecule has 3 N–H and O–H groups in total. The van der Waals surface area contributed by atoms with Crippen molar-refractivity contribution in [3.05, 3.63) is 46.7 Å². The summed E-state index contributed by atoms with van der Waals surface area (Å²) in [7, 11) is 1.58. The first-order valence-electron chi connectivity index (χ1n) is 11.5. The zero-order valence-electron chi connectivity index (χ0n) is 20.1. The number of carbonyl (C=O) groups is 1. The van der Waals surface area contributed by atoms with Gasteiger partial charge in [-0.25, -0.2) is 9.97 Å². The lowest BCUT2D eigenvalue weighted by molar-refractivity contribution is -0.118. The van der Waals surface area contributed by atoms with E-state index in [1.54, 1.807) is 25.4 Å². The Morgan fingerprint density at radius 2 is 2.11 bits per heavy atom.